The molecule has 43 heavy (non-hydrogen) atoms. The highest BCUT2D eigenvalue weighted by atomic mass is 16.7. The fourth-order valence-corrected chi connectivity index (χ4v) is 5.54. The van der Waals surface area contributed by atoms with E-state index in [1.807, 2.05) is 6.92 Å². The monoisotopic (exact) mass is 623 g/mol. The van der Waals surface area contributed by atoms with Gasteiger partial charge >= 0.3 is 0 Å². The number of hydrogen-bond acceptors (Lipinski definition) is 15. The molecule has 1 aliphatic carbocycles. The molecule has 0 radical (unpaired) electrons. The normalized spacial score (nSPS) is 42.7. The molecule has 0 amide bonds. The van der Waals surface area contributed by atoms with Gasteiger partial charge in [-0.15, -0.1) is 0 Å². The van der Waals surface area contributed by atoms with Gasteiger partial charge in [-0.25, -0.2) is 0 Å². The van der Waals surface area contributed by atoms with Gasteiger partial charge in [0.25, 0.3) is 0 Å². The Morgan fingerprint density at radius 3 is 2.37 bits per heavy atom. The number of rotatable bonds is 13. The summed E-state index contributed by atoms with van der Waals surface area (Å²) in [6.07, 6.45) is -9.43. The van der Waals surface area contributed by atoms with Gasteiger partial charge in [0.2, 0.25) is 0 Å². The second-order valence-corrected chi connectivity index (χ2v) is 12.6. The molecule has 9 unspecified atom stereocenters. The third kappa shape index (κ3) is 9.23. The molecular formula is C27H53N5O11. The number of hydrogen-bond donors (Lipinski definition) is 12. The van der Waals surface area contributed by atoms with Gasteiger partial charge in [0.05, 0.1) is 37.0 Å². The van der Waals surface area contributed by atoms with Crippen molar-refractivity contribution in [1.82, 2.24) is 10.6 Å². The van der Waals surface area contributed by atoms with E-state index in [0.717, 1.165) is 0 Å². The molecule has 15 atom stereocenters. The molecule has 1 saturated carbocycles. The van der Waals surface area contributed by atoms with Crippen molar-refractivity contribution in [2.75, 3.05) is 32.9 Å². The fourth-order valence-electron chi connectivity index (χ4n) is 5.54. The minimum Gasteiger partial charge on any atom is -0.396 e. The Balaban J connectivity index is 1.76. The molecular weight excluding hydrogens is 570 g/mol. The zero-order chi connectivity index (χ0) is 32.1. The molecule has 0 aromatic heterocycles. The van der Waals surface area contributed by atoms with Gasteiger partial charge in [-0.05, 0) is 38.6 Å². The van der Waals surface area contributed by atoms with Crippen LogP contribution in [0.2, 0.25) is 0 Å². The lowest BCUT2D eigenvalue weighted by Gasteiger charge is -2.49. The van der Waals surface area contributed by atoms with E-state index >= 15 is 0 Å². The lowest BCUT2D eigenvalue weighted by atomic mass is 9.82. The number of nitrogens with one attached hydrogen (secondary N) is 3. The quantitative estimate of drug-likeness (QED) is 0.0682. The second kappa shape index (κ2) is 16.0. The Hall–Kier alpha value is -1.09. The van der Waals surface area contributed by atoms with E-state index in [1.54, 1.807) is 6.92 Å². The highest BCUT2D eigenvalue weighted by Crippen LogP contribution is 2.34. The first-order valence-electron chi connectivity index (χ1n) is 15.0. The summed E-state index contributed by atoms with van der Waals surface area (Å²) in [5.74, 6) is -1.10. The molecule has 3 aliphatic rings. The minimum atomic E-state index is -1.75. The fraction of sp³-hybridized carbons (Fsp3) is 0.963. The van der Waals surface area contributed by atoms with Crippen molar-refractivity contribution in [2.45, 2.75) is 119 Å². The van der Waals surface area contributed by atoms with Gasteiger partial charge < -0.3 is 76.8 Å². The van der Waals surface area contributed by atoms with E-state index in [-0.39, 0.29) is 31.7 Å². The van der Waals surface area contributed by atoms with Crippen LogP contribution in [0.1, 0.15) is 40.0 Å². The smallest absolute Gasteiger partial charge is 0.184 e. The van der Waals surface area contributed by atoms with E-state index < -0.39 is 91.3 Å². The van der Waals surface area contributed by atoms with Crippen LogP contribution < -0.4 is 22.1 Å². The van der Waals surface area contributed by atoms with Gasteiger partial charge in [-0.2, -0.15) is 0 Å². The number of aliphatic hydroxyl groups excluding tert-OH is 6. The predicted molar refractivity (Wildman–Crippen MR) is 153 cm³/mol. The van der Waals surface area contributed by atoms with Crippen LogP contribution in [-0.4, -0.2) is 154 Å². The summed E-state index contributed by atoms with van der Waals surface area (Å²) >= 11 is 0. The number of ether oxygens (including phenoxy) is 4. The third-order valence-corrected chi connectivity index (χ3v) is 8.78. The Labute approximate surface area is 252 Å². The van der Waals surface area contributed by atoms with Crippen molar-refractivity contribution in [1.29, 1.82) is 5.41 Å². The molecule has 0 bridgehead atoms. The summed E-state index contributed by atoms with van der Waals surface area (Å²) in [5.41, 5.74) is 11.4. The molecule has 0 aromatic rings. The zero-order valence-electron chi connectivity index (χ0n) is 25.2. The second-order valence-electron chi connectivity index (χ2n) is 12.6. The maximum atomic E-state index is 11.6. The topological polar surface area (TPSA) is 278 Å². The Bertz CT molecular complexity index is 875. The molecule has 16 nitrogen and oxygen atoms in total. The van der Waals surface area contributed by atoms with Gasteiger partial charge in [0.1, 0.15) is 42.5 Å². The summed E-state index contributed by atoms with van der Waals surface area (Å²) in [6.45, 7) is 5.33. The van der Waals surface area contributed by atoms with E-state index in [9.17, 15) is 35.7 Å². The van der Waals surface area contributed by atoms with Crippen LogP contribution in [0.15, 0.2) is 0 Å². The van der Waals surface area contributed by atoms with Crippen molar-refractivity contribution in [3.05, 3.63) is 0 Å². The lowest BCUT2D eigenvalue weighted by Crippen LogP contribution is -2.68. The molecule has 252 valence electrons. The van der Waals surface area contributed by atoms with E-state index in [1.165, 1.54) is 6.92 Å². The first-order chi connectivity index (χ1) is 20.2. The Morgan fingerprint density at radius 1 is 1.05 bits per heavy atom. The van der Waals surface area contributed by atoms with Crippen LogP contribution in [0.5, 0.6) is 0 Å². The SMILES string of the molecule is CC(CO)CNC[C@@H]1CCC(N)[C@@H](OC2C(O)C(O[C@H]3OCC(C)(O)[C@H](C)C3O)[C@H](NC(=N)C(O)C(O)CO)C[C@@H]2N)O1. The number of amidine groups is 1. The van der Waals surface area contributed by atoms with Crippen LogP contribution in [0.4, 0.5) is 0 Å². The molecule has 2 heterocycles. The van der Waals surface area contributed by atoms with E-state index in [4.69, 9.17) is 35.8 Å². The van der Waals surface area contributed by atoms with Crippen molar-refractivity contribution in [3.8, 4) is 0 Å². The maximum Gasteiger partial charge on any atom is 0.184 e. The molecule has 0 aromatic carbocycles. The average Bonchev–Trinajstić information content (AvgIpc) is 2.97. The van der Waals surface area contributed by atoms with Crippen molar-refractivity contribution in [3.63, 3.8) is 0 Å². The summed E-state index contributed by atoms with van der Waals surface area (Å²) in [4.78, 5) is 0. The van der Waals surface area contributed by atoms with Crippen molar-refractivity contribution >= 4 is 5.84 Å². The van der Waals surface area contributed by atoms with Gasteiger partial charge in [0.15, 0.2) is 12.6 Å². The molecule has 2 aliphatic heterocycles. The van der Waals surface area contributed by atoms with Crippen LogP contribution in [0.25, 0.3) is 0 Å². The summed E-state index contributed by atoms with van der Waals surface area (Å²) < 4.78 is 24.0. The van der Waals surface area contributed by atoms with E-state index in [2.05, 4.69) is 10.6 Å². The zero-order valence-corrected chi connectivity index (χ0v) is 25.2. The molecule has 0 spiro atoms. The van der Waals surface area contributed by atoms with Gasteiger partial charge in [0, 0.05) is 25.1 Å². The van der Waals surface area contributed by atoms with E-state index in [0.29, 0.717) is 25.9 Å². The Kier molecular flexibility index (Phi) is 13.5. The predicted octanol–water partition coefficient (Wildman–Crippen LogP) is -4.35. The standard InChI is InChI=1S/C27H53N5O11/c1-12(9-33)7-31-8-14-4-5-15(28)25(41-14)42-22-16(29)6-17(32-24(30)20(37)18(35)10-34)23(21(22)38)43-26-19(36)13(2)27(3,39)11-40-26/h12-23,25-26,31,33-39H,4-11,28-29H2,1-3H3,(H2,30,32)/t12?,13-,14+,15?,16+,17-,18?,19?,20?,21?,22?,23?,25-,26-,27?/m1/s1. The molecule has 2 saturated heterocycles. The minimum absolute atomic E-state index is 0.0544. The summed E-state index contributed by atoms with van der Waals surface area (Å²) in [6, 6.07) is -2.24. The highest BCUT2D eigenvalue weighted by Gasteiger charge is 2.51. The molecule has 14 N–H and O–H groups in total. The van der Waals surface area contributed by atoms with Crippen molar-refractivity contribution in [2.24, 2.45) is 23.3 Å². The van der Waals surface area contributed by atoms with Crippen LogP contribution in [0.3, 0.4) is 0 Å². The average molecular weight is 624 g/mol. The summed E-state index contributed by atoms with van der Waals surface area (Å²) in [5, 5.41) is 85.6. The maximum absolute atomic E-state index is 11.6. The largest absolute Gasteiger partial charge is 0.396 e. The van der Waals surface area contributed by atoms with Crippen LogP contribution >= 0.6 is 0 Å². The number of aliphatic hydroxyl groups is 7. The first-order valence-corrected chi connectivity index (χ1v) is 15.0. The van der Waals surface area contributed by atoms with Gasteiger partial charge in [-0.1, -0.05) is 13.8 Å². The van der Waals surface area contributed by atoms with Crippen molar-refractivity contribution < 1.29 is 54.7 Å². The molecule has 3 fully saturated rings. The lowest BCUT2D eigenvalue weighted by molar-refractivity contribution is -0.313. The third-order valence-electron chi connectivity index (χ3n) is 8.78. The molecule has 16 heteroatoms. The first kappa shape index (κ1) is 36.4. The highest BCUT2D eigenvalue weighted by molar-refractivity contribution is 5.84. The molecule has 3 rings (SSSR count). The number of nitrogens with two attached hydrogens (primary N) is 2. The van der Waals surface area contributed by atoms with Gasteiger partial charge in [-0.3, -0.25) is 5.41 Å². The summed E-state index contributed by atoms with van der Waals surface area (Å²) in [7, 11) is 0. The van der Waals surface area contributed by atoms with Crippen LogP contribution in [-0.2, 0) is 18.9 Å². The van der Waals surface area contributed by atoms with Crippen LogP contribution in [0, 0.1) is 17.2 Å². The Morgan fingerprint density at radius 2 is 1.72 bits per heavy atom.